The Kier molecular flexibility index (Phi) is 7.08. The Morgan fingerprint density at radius 3 is 2.05 bits per heavy atom. The molecular formula is C36H30O2. The molecular weight excluding hydrogens is 464 g/mol. The van der Waals surface area contributed by atoms with E-state index in [1.807, 2.05) is 54.6 Å². The first-order valence-electron chi connectivity index (χ1n) is 12.8. The largest absolute Gasteiger partial charge is 0.495 e. The lowest BCUT2D eigenvalue weighted by atomic mass is 9.96. The summed E-state index contributed by atoms with van der Waals surface area (Å²) in [4.78, 5) is 0. The fourth-order valence-corrected chi connectivity index (χ4v) is 4.30. The van der Waals surface area contributed by atoms with Gasteiger partial charge in [0.05, 0.1) is 18.2 Å². The van der Waals surface area contributed by atoms with Gasteiger partial charge in [0.15, 0.2) is 0 Å². The second kappa shape index (κ2) is 10.8. The average Bonchev–Trinajstić information content (AvgIpc) is 2.93. The number of rotatable bonds is 4. The zero-order chi connectivity index (χ0) is 26.5. The van der Waals surface area contributed by atoms with E-state index >= 15 is 0 Å². The second-order valence-corrected chi connectivity index (χ2v) is 10.3. The third kappa shape index (κ3) is 5.67. The highest BCUT2D eigenvalue weighted by Crippen LogP contribution is 2.31. The summed E-state index contributed by atoms with van der Waals surface area (Å²) in [7, 11) is 1.68. The highest BCUT2D eigenvalue weighted by Gasteiger charge is 2.11. The molecule has 0 aliphatic carbocycles. The van der Waals surface area contributed by atoms with Crippen molar-refractivity contribution in [2.24, 2.45) is 5.41 Å². The van der Waals surface area contributed by atoms with E-state index < -0.39 is 0 Å². The first-order valence-corrected chi connectivity index (χ1v) is 12.8. The number of ether oxygens (including phenoxy) is 2. The predicted octanol–water partition coefficient (Wildman–Crippen LogP) is 8.38. The van der Waals surface area contributed by atoms with E-state index in [9.17, 15) is 0 Å². The van der Waals surface area contributed by atoms with Crippen LogP contribution in [0.3, 0.4) is 0 Å². The molecule has 0 spiro atoms. The summed E-state index contributed by atoms with van der Waals surface area (Å²) in [5, 5.41) is 4.40. The van der Waals surface area contributed by atoms with E-state index in [4.69, 9.17) is 9.47 Å². The van der Waals surface area contributed by atoms with Crippen molar-refractivity contribution in [3.8, 4) is 35.2 Å². The standard InChI is InChI=1S/C36H30O2/c1-36(2,3)23-22-32-30-13-9-8-12-28(30)18-21-35(32)38-25-27-14-16-29-17-20-34(37-4)31(33(29)24-27)19-15-26-10-6-5-7-11-26/h5-14,16-18,20-21,24H,25H2,1-4H3. The highest BCUT2D eigenvalue weighted by atomic mass is 16.5. The lowest BCUT2D eigenvalue weighted by Gasteiger charge is -2.13. The van der Waals surface area contributed by atoms with E-state index in [1.54, 1.807) is 7.11 Å². The van der Waals surface area contributed by atoms with Gasteiger partial charge >= 0.3 is 0 Å². The molecule has 0 fully saturated rings. The lowest BCUT2D eigenvalue weighted by molar-refractivity contribution is 0.306. The van der Waals surface area contributed by atoms with Gasteiger partial charge in [-0.3, -0.25) is 0 Å². The number of benzene rings is 5. The van der Waals surface area contributed by atoms with Crippen LogP contribution in [0.1, 0.15) is 43.0 Å². The molecule has 0 aromatic heterocycles. The van der Waals surface area contributed by atoms with Gasteiger partial charge in [-0.1, -0.05) is 90.4 Å². The van der Waals surface area contributed by atoms with Gasteiger partial charge in [-0.2, -0.15) is 0 Å². The van der Waals surface area contributed by atoms with Crippen molar-refractivity contribution in [3.05, 3.63) is 119 Å². The fourth-order valence-electron chi connectivity index (χ4n) is 4.30. The molecule has 5 aromatic carbocycles. The van der Waals surface area contributed by atoms with Gasteiger partial charge in [0.1, 0.15) is 18.1 Å². The monoisotopic (exact) mass is 494 g/mol. The summed E-state index contributed by atoms with van der Waals surface area (Å²) in [6.45, 7) is 6.77. The molecule has 0 aliphatic rings. The molecule has 0 N–H and O–H groups in total. The average molecular weight is 495 g/mol. The van der Waals surface area contributed by atoms with Crippen molar-refractivity contribution in [3.63, 3.8) is 0 Å². The van der Waals surface area contributed by atoms with E-state index in [-0.39, 0.29) is 5.41 Å². The Labute approximate surface area is 225 Å². The van der Waals surface area contributed by atoms with Gasteiger partial charge in [0.2, 0.25) is 0 Å². The summed E-state index contributed by atoms with van der Waals surface area (Å²) in [5.41, 5.74) is 3.71. The molecule has 5 rings (SSSR count). The van der Waals surface area contributed by atoms with Crippen molar-refractivity contribution in [2.45, 2.75) is 27.4 Å². The molecule has 38 heavy (non-hydrogen) atoms. The van der Waals surface area contributed by atoms with Crippen molar-refractivity contribution in [1.82, 2.24) is 0 Å². The molecule has 0 unspecified atom stereocenters. The van der Waals surface area contributed by atoms with Gasteiger partial charge in [-0.15, -0.1) is 0 Å². The molecule has 0 aliphatic heterocycles. The Morgan fingerprint density at radius 1 is 0.632 bits per heavy atom. The topological polar surface area (TPSA) is 18.5 Å². The molecule has 0 bridgehead atoms. The maximum atomic E-state index is 6.40. The Bertz CT molecular complexity index is 1730. The number of hydrogen-bond donors (Lipinski definition) is 0. The SMILES string of the molecule is COc1ccc2ccc(COc3ccc4ccccc4c3C#CC(C)(C)C)cc2c1C#Cc1ccccc1. The minimum absolute atomic E-state index is 0.108. The molecule has 2 nitrogen and oxygen atoms in total. The second-order valence-electron chi connectivity index (χ2n) is 10.3. The van der Waals surface area contributed by atoms with Gasteiger partial charge in [0.25, 0.3) is 0 Å². The van der Waals surface area contributed by atoms with Gasteiger partial charge in [-0.25, -0.2) is 0 Å². The van der Waals surface area contributed by atoms with Gasteiger partial charge in [0, 0.05) is 21.8 Å². The van der Waals surface area contributed by atoms with Gasteiger partial charge < -0.3 is 9.47 Å². The quantitative estimate of drug-likeness (QED) is 0.234. The maximum absolute atomic E-state index is 6.40. The number of hydrogen-bond acceptors (Lipinski definition) is 2. The molecule has 186 valence electrons. The van der Waals surface area contributed by atoms with Crippen LogP contribution in [0.5, 0.6) is 11.5 Å². The molecule has 0 radical (unpaired) electrons. The number of methoxy groups -OCH3 is 1. The highest BCUT2D eigenvalue weighted by molar-refractivity contribution is 5.92. The summed E-state index contributed by atoms with van der Waals surface area (Å²) in [5.74, 6) is 15.0. The zero-order valence-corrected chi connectivity index (χ0v) is 22.3. The molecule has 0 saturated carbocycles. The van der Waals surface area contributed by atoms with Crippen molar-refractivity contribution < 1.29 is 9.47 Å². The van der Waals surface area contributed by atoms with Crippen molar-refractivity contribution in [2.75, 3.05) is 7.11 Å². The molecule has 0 atom stereocenters. The van der Waals surface area contributed by atoms with E-state index in [2.05, 4.69) is 86.9 Å². The minimum atomic E-state index is -0.108. The third-order valence-corrected chi connectivity index (χ3v) is 6.22. The Balaban J connectivity index is 1.52. The Morgan fingerprint density at radius 2 is 1.29 bits per heavy atom. The molecule has 2 heteroatoms. The van der Waals surface area contributed by atoms with Crippen LogP contribution in [0.15, 0.2) is 97.1 Å². The van der Waals surface area contributed by atoms with Gasteiger partial charge in [-0.05, 0) is 67.4 Å². The van der Waals surface area contributed by atoms with E-state index in [1.165, 1.54) is 0 Å². The first kappa shape index (κ1) is 25.0. The predicted molar refractivity (Wildman–Crippen MR) is 158 cm³/mol. The fraction of sp³-hybridized carbons (Fsp3) is 0.167. The van der Waals surface area contributed by atoms with Crippen LogP contribution in [0.4, 0.5) is 0 Å². The van der Waals surface area contributed by atoms with E-state index in [0.29, 0.717) is 6.61 Å². The van der Waals surface area contributed by atoms with Crippen molar-refractivity contribution >= 4 is 21.5 Å². The van der Waals surface area contributed by atoms with E-state index in [0.717, 1.165) is 55.3 Å². The first-order chi connectivity index (χ1) is 18.4. The summed E-state index contributed by atoms with van der Waals surface area (Å²) in [6.07, 6.45) is 0. The lowest BCUT2D eigenvalue weighted by Crippen LogP contribution is -2.01. The minimum Gasteiger partial charge on any atom is -0.495 e. The van der Waals surface area contributed by atoms with Crippen LogP contribution in [-0.2, 0) is 6.61 Å². The van der Waals surface area contributed by atoms with Crippen LogP contribution < -0.4 is 9.47 Å². The summed E-state index contributed by atoms with van der Waals surface area (Å²) in [6, 6.07) is 32.8. The number of fused-ring (bicyclic) bond motifs is 2. The smallest absolute Gasteiger partial charge is 0.136 e. The molecule has 0 amide bonds. The zero-order valence-electron chi connectivity index (χ0n) is 22.3. The van der Waals surface area contributed by atoms with Crippen LogP contribution >= 0.6 is 0 Å². The summed E-state index contributed by atoms with van der Waals surface area (Å²) < 4.78 is 12.1. The van der Waals surface area contributed by atoms with Crippen LogP contribution in [0.2, 0.25) is 0 Å². The van der Waals surface area contributed by atoms with Crippen LogP contribution in [0.25, 0.3) is 21.5 Å². The Hall–Kier alpha value is -4.66. The summed E-state index contributed by atoms with van der Waals surface area (Å²) >= 11 is 0. The van der Waals surface area contributed by atoms with Crippen molar-refractivity contribution in [1.29, 1.82) is 0 Å². The molecule has 5 aromatic rings. The van der Waals surface area contributed by atoms with Crippen LogP contribution in [0, 0.1) is 29.1 Å². The normalized spacial score (nSPS) is 10.8. The van der Waals surface area contributed by atoms with Crippen LogP contribution in [-0.4, -0.2) is 7.11 Å². The maximum Gasteiger partial charge on any atom is 0.136 e. The molecule has 0 saturated heterocycles. The molecule has 0 heterocycles. The third-order valence-electron chi connectivity index (χ3n) is 6.22.